The Morgan fingerprint density at radius 2 is 1.04 bits per heavy atom. The van der Waals surface area contributed by atoms with E-state index < -0.39 is 48.3 Å². The van der Waals surface area contributed by atoms with Crippen LogP contribution in [-0.2, 0) is 23.8 Å². The van der Waals surface area contributed by atoms with Crippen molar-refractivity contribution < 1.29 is 50.1 Å². The van der Waals surface area contributed by atoms with E-state index in [4.69, 9.17) is 0 Å². The molecule has 0 unspecified atom stereocenters. The van der Waals surface area contributed by atoms with Crippen LogP contribution in [-0.4, -0.2) is 62.6 Å². The number of carbonyl (C=O) groups is 2. The maximum Gasteiger partial charge on any atom is 0.347 e. The van der Waals surface area contributed by atoms with Gasteiger partial charge in [-0.25, -0.2) is 18.4 Å². The molecule has 0 aliphatic rings. The van der Waals surface area contributed by atoms with Gasteiger partial charge in [0.25, 0.3) is 12.3 Å². The zero-order valence-electron chi connectivity index (χ0n) is 12.6. The summed E-state index contributed by atoms with van der Waals surface area (Å²) in [7, 11) is 1.30. The van der Waals surface area contributed by atoms with Crippen LogP contribution in [0.2, 0.25) is 0 Å². The van der Waals surface area contributed by atoms with Crippen molar-refractivity contribution in [2.45, 2.75) is 50.2 Å². The van der Waals surface area contributed by atoms with Crippen LogP contribution < -0.4 is 0 Å². The minimum Gasteiger partial charge on any atom is -0.467 e. The Kier molecular flexibility index (Phi) is 7.32. The molecule has 0 amide bonds. The molecule has 0 aliphatic heterocycles. The predicted octanol–water partition coefficient (Wildman–Crippen LogP) is 2.07. The summed E-state index contributed by atoms with van der Waals surface area (Å²) < 4.78 is 92.7. The lowest BCUT2D eigenvalue weighted by molar-refractivity contribution is -0.237. The Hall–Kier alpha value is -1.52. The van der Waals surface area contributed by atoms with Gasteiger partial charge >= 0.3 is 23.8 Å². The van der Waals surface area contributed by atoms with E-state index in [1.165, 1.54) is 0 Å². The smallest absolute Gasteiger partial charge is 0.347 e. The maximum absolute atomic E-state index is 13.6. The number of hydrogen-bond donors (Lipinski definition) is 0. The maximum atomic E-state index is 13.6. The molecule has 0 rings (SSSR count). The van der Waals surface area contributed by atoms with Crippen molar-refractivity contribution in [2.75, 3.05) is 14.2 Å². The third-order valence-corrected chi connectivity index (χ3v) is 2.98. The van der Waals surface area contributed by atoms with Gasteiger partial charge in [-0.05, 0) is 13.8 Å². The van der Waals surface area contributed by atoms with Crippen LogP contribution in [0.3, 0.4) is 0 Å². The third-order valence-electron chi connectivity index (χ3n) is 2.98. The molecule has 0 aromatic heterocycles. The molecule has 0 aromatic rings. The number of rotatable bonds is 8. The van der Waals surface area contributed by atoms with Crippen LogP contribution in [0.15, 0.2) is 0 Å². The van der Waals surface area contributed by atoms with Crippen molar-refractivity contribution in [3.63, 3.8) is 0 Å². The van der Waals surface area contributed by atoms with Crippen LogP contribution in [0.4, 0.5) is 26.3 Å². The quantitative estimate of drug-likeness (QED) is 0.493. The molecule has 4 atom stereocenters. The average molecular weight is 354 g/mol. The minimum absolute atomic E-state index is 0.507. The molecule has 0 aromatic carbocycles. The van der Waals surface area contributed by atoms with E-state index in [1.54, 1.807) is 0 Å². The van der Waals surface area contributed by atoms with E-state index in [0.717, 1.165) is 0 Å². The van der Waals surface area contributed by atoms with Crippen LogP contribution >= 0.6 is 0 Å². The van der Waals surface area contributed by atoms with E-state index in [9.17, 15) is 35.9 Å². The molecule has 0 N–H and O–H groups in total. The second-order valence-electron chi connectivity index (χ2n) is 4.54. The highest BCUT2D eigenvalue weighted by Gasteiger charge is 2.56. The highest BCUT2D eigenvalue weighted by atomic mass is 19.3. The topological polar surface area (TPSA) is 61.8 Å². The summed E-state index contributed by atoms with van der Waals surface area (Å²) in [5, 5.41) is 0. The molecule has 0 saturated carbocycles. The normalized spacial score (nSPS) is 17.8. The molecule has 136 valence electrons. The summed E-state index contributed by atoms with van der Waals surface area (Å²) in [6, 6.07) is 0. The fourth-order valence-corrected chi connectivity index (χ4v) is 1.42. The minimum atomic E-state index is -4.52. The zero-order valence-corrected chi connectivity index (χ0v) is 12.6. The largest absolute Gasteiger partial charge is 0.467 e. The average Bonchev–Trinajstić information content (AvgIpc) is 2.51. The number of hydrogen-bond acceptors (Lipinski definition) is 5. The van der Waals surface area contributed by atoms with Gasteiger partial charge in [0.05, 0.1) is 14.2 Å². The van der Waals surface area contributed by atoms with Gasteiger partial charge in [-0.1, -0.05) is 0 Å². The van der Waals surface area contributed by atoms with Crippen molar-refractivity contribution in [2.24, 2.45) is 0 Å². The molecule has 0 radical (unpaired) electrons. The molecule has 23 heavy (non-hydrogen) atoms. The van der Waals surface area contributed by atoms with Gasteiger partial charge in [0.15, 0.2) is 0 Å². The fraction of sp³-hybridized carbons (Fsp3) is 0.833. The first-order chi connectivity index (χ1) is 10.3. The standard InChI is InChI=1S/C12H16F6O5/c1-5(11(15,16)7(13)9(19)21-3)23-6(2)12(17,18)8(14)10(20)22-4/h5-8H,1-4H3/t5-,6+,7-,8+. The lowest BCUT2D eigenvalue weighted by Crippen LogP contribution is -2.52. The predicted molar refractivity (Wildman–Crippen MR) is 63.7 cm³/mol. The monoisotopic (exact) mass is 354 g/mol. The van der Waals surface area contributed by atoms with Crippen LogP contribution in [0.25, 0.3) is 0 Å². The van der Waals surface area contributed by atoms with Crippen molar-refractivity contribution >= 4 is 11.9 Å². The Morgan fingerprint density at radius 1 is 0.783 bits per heavy atom. The second kappa shape index (κ2) is 7.84. The summed E-state index contributed by atoms with van der Waals surface area (Å²) in [5.74, 6) is -12.9. The number of alkyl halides is 6. The molecule has 5 nitrogen and oxygen atoms in total. The molecule has 0 bridgehead atoms. The molecule has 0 saturated heterocycles. The summed E-state index contributed by atoms with van der Waals surface area (Å²) in [5.41, 5.74) is 0. The Morgan fingerprint density at radius 3 is 1.26 bits per heavy atom. The van der Waals surface area contributed by atoms with E-state index in [2.05, 4.69) is 14.2 Å². The van der Waals surface area contributed by atoms with Gasteiger partial charge in [-0.15, -0.1) is 0 Å². The van der Waals surface area contributed by atoms with E-state index in [0.29, 0.717) is 28.1 Å². The number of halogens is 6. The lowest BCUT2D eigenvalue weighted by Gasteiger charge is -2.31. The van der Waals surface area contributed by atoms with Gasteiger partial charge in [0.1, 0.15) is 12.2 Å². The first-order valence-corrected chi connectivity index (χ1v) is 6.18. The summed E-state index contributed by atoms with van der Waals surface area (Å²) in [6.45, 7) is 1.01. The first kappa shape index (κ1) is 21.5. The summed E-state index contributed by atoms with van der Waals surface area (Å²) in [4.78, 5) is 21.6. The van der Waals surface area contributed by atoms with Gasteiger partial charge in [-0.2, -0.15) is 17.6 Å². The molecule has 0 aliphatic carbocycles. The Labute approximate surface area is 127 Å². The van der Waals surface area contributed by atoms with E-state index in [-0.39, 0.29) is 0 Å². The van der Waals surface area contributed by atoms with Crippen LogP contribution in [0.5, 0.6) is 0 Å². The molecule has 0 fully saturated rings. The summed E-state index contributed by atoms with van der Waals surface area (Å²) in [6.07, 6.45) is -12.0. The van der Waals surface area contributed by atoms with Crippen LogP contribution in [0.1, 0.15) is 13.8 Å². The van der Waals surface area contributed by atoms with Crippen molar-refractivity contribution in [1.29, 1.82) is 0 Å². The third kappa shape index (κ3) is 4.72. The number of ether oxygens (including phenoxy) is 3. The highest BCUT2D eigenvalue weighted by molar-refractivity contribution is 5.76. The number of esters is 2. The van der Waals surface area contributed by atoms with Gasteiger partial charge in [0, 0.05) is 0 Å². The van der Waals surface area contributed by atoms with E-state index in [1.807, 2.05) is 0 Å². The molecule has 11 heteroatoms. The van der Waals surface area contributed by atoms with E-state index >= 15 is 0 Å². The van der Waals surface area contributed by atoms with Gasteiger partial charge < -0.3 is 14.2 Å². The summed E-state index contributed by atoms with van der Waals surface area (Å²) >= 11 is 0. The van der Waals surface area contributed by atoms with Gasteiger partial charge in [-0.3, -0.25) is 0 Å². The van der Waals surface area contributed by atoms with Crippen molar-refractivity contribution in [1.82, 2.24) is 0 Å². The van der Waals surface area contributed by atoms with Crippen molar-refractivity contribution in [3.05, 3.63) is 0 Å². The Balaban J connectivity index is 5.10. The molecule has 0 heterocycles. The fourth-order valence-electron chi connectivity index (χ4n) is 1.42. The number of carbonyl (C=O) groups excluding carboxylic acids is 2. The highest BCUT2D eigenvalue weighted by Crippen LogP contribution is 2.34. The molecular weight excluding hydrogens is 338 g/mol. The molecular formula is C12H16F6O5. The zero-order chi connectivity index (χ0) is 18.6. The van der Waals surface area contributed by atoms with Gasteiger partial charge in [0.2, 0.25) is 0 Å². The lowest BCUT2D eigenvalue weighted by atomic mass is 10.1. The number of methoxy groups -OCH3 is 2. The van der Waals surface area contributed by atoms with Crippen molar-refractivity contribution in [3.8, 4) is 0 Å². The second-order valence-corrected chi connectivity index (χ2v) is 4.54. The molecule has 0 spiro atoms. The Bertz CT molecular complexity index is 392. The van der Waals surface area contributed by atoms with Crippen LogP contribution in [0, 0.1) is 0 Å². The SMILES string of the molecule is COC(=O)[C@@H](F)C(F)(F)[C@@H](C)O[C@@H](C)C(F)(F)[C@@H](F)C(=O)OC. The first-order valence-electron chi connectivity index (χ1n) is 6.18.